The van der Waals surface area contributed by atoms with Crippen molar-refractivity contribution in [2.24, 2.45) is 17.8 Å². The molecule has 5 saturated heterocycles. The zero-order valence-corrected chi connectivity index (χ0v) is 59.1. The van der Waals surface area contributed by atoms with E-state index in [0.717, 1.165) is 17.5 Å². The number of methoxy groups -OCH3 is 1. The van der Waals surface area contributed by atoms with E-state index in [1.54, 1.807) is 77.1 Å². The number of fused-ring (bicyclic) bond motifs is 1. The van der Waals surface area contributed by atoms with Crippen LogP contribution >= 0.6 is 11.8 Å². The van der Waals surface area contributed by atoms with Gasteiger partial charge in [-0.3, -0.25) is 28.9 Å². The number of carbonyl (C=O) groups excluding carboxylic acids is 6. The quantitative estimate of drug-likeness (QED) is 0.0303. The van der Waals surface area contributed by atoms with E-state index in [4.69, 9.17) is 47.4 Å². The van der Waals surface area contributed by atoms with Crippen LogP contribution in [0.5, 0.6) is 0 Å². The van der Waals surface area contributed by atoms with Crippen LogP contribution in [-0.4, -0.2) is 208 Å². The Balaban J connectivity index is 1.03. The molecule has 95 heavy (non-hydrogen) atoms. The van der Waals surface area contributed by atoms with E-state index in [0.29, 0.717) is 25.1 Å². The maximum Gasteiger partial charge on any atom is 0.330 e. The second-order valence-corrected chi connectivity index (χ2v) is 30.2. The summed E-state index contributed by atoms with van der Waals surface area (Å²) < 4.78 is 63.4. The predicted molar refractivity (Wildman–Crippen MR) is 355 cm³/mol. The molecular formula is C72H104N4O18S. The van der Waals surface area contributed by atoms with Crippen molar-refractivity contribution in [1.29, 1.82) is 0 Å². The number of rotatable bonds is 21. The van der Waals surface area contributed by atoms with Crippen LogP contribution in [0.4, 0.5) is 0 Å². The molecule has 0 aliphatic carbocycles. The first kappa shape index (κ1) is 75.2. The molecule has 5 fully saturated rings. The molecule has 22 nitrogen and oxygen atoms in total. The molecule has 0 spiro atoms. The molecule has 21 atom stereocenters. The number of benzene rings is 3. The average Bonchev–Trinajstić information content (AvgIpc) is 1.57. The summed E-state index contributed by atoms with van der Waals surface area (Å²) in [5, 5.41) is 28.1. The lowest BCUT2D eigenvalue weighted by molar-refractivity contribution is -0.310. The van der Waals surface area contributed by atoms with Crippen molar-refractivity contribution in [3.63, 3.8) is 0 Å². The number of ether oxygens (including phenoxy) is 10. The lowest BCUT2D eigenvalue weighted by Gasteiger charge is -2.49. The lowest BCUT2D eigenvalue weighted by atomic mass is 9.77. The predicted octanol–water partition coefficient (Wildman–Crippen LogP) is 7.71. The summed E-state index contributed by atoms with van der Waals surface area (Å²) in [5.74, 6) is -7.75. The van der Waals surface area contributed by atoms with Crippen molar-refractivity contribution in [2.75, 3.05) is 41.4 Å². The van der Waals surface area contributed by atoms with Gasteiger partial charge < -0.3 is 72.7 Å². The second kappa shape index (κ2) is 32.0. The Bertz CT molecular complexity index is 3050. The van der Waals surface area contributed by atoms with E-state index >= 15 is 4.79 Å². The van der Waals surface area contributed by atoms with Gasteiger partial charge in [0.05, 0.1) is 55.6 Å². The standard InChI is InChI=1S/C72H104N4O18S/c1-17-52-72(12,84)61(91-53(77)33-34-86-40-48-27-21-18-22-28-48)46(6)75(15)39-42(2)37-70(10,83)60(93-54-36-51(74(13)14)35-43(3)88-54)44(4)58(45(5)66(80)90-52)92-55-38-71(11,85-16)62(47(7)89-55)94-68(82)59-69(8,9)95-65-57(64(79)76(59)65)73-63(78)56(50-31-25-20-26-32-50)67(81)87-41-49-29-23-19-24-30-49/h18-32,42-47,51-52,54-62,65,83-84H,17,33-41H2,1-16H3,(H,73,78)/t42-,43-,44+,45-,46-,47+,51+,52-,54+,55?,56?,57?,58+,59?,60-,61+,62+,65?,70-,71-,72+/m1/s1. The van der Waals surface area contributed by atoms with Gasteiger partial charge in [0, 0.05) is 49.2 Å². The Morgan fingerprint density at radius 1 is 0.779 bits per heavy atom. The van der Waals surface area contributed by atoms with Gasteiger partial charge in [0.1, 0.15) is 47.5 Å². The van der Waals surface area contributed by atoms with E-state index in [-0.39, 0.29) is 57.0 Å². The number of nitrogens with one attached hydrogen (secondary N) is 1. The molecule has 0 radical (unpaired) electrons. The number of nitrogens with zero attached hydrogens (tertiary/aromatic N) is 3. The third kappa shape index (κ3) is 17.8. The number of amides is 2. The molecule has 3 N–H and O–H groups in total. The van der Waals surface area contributed by atoms with Gasteiger partial charge in [-0.05, 0) is 125 Å². The number of thioether (sulfide) groups is 1. The summed E-state index contributed by atoms with van der Waals surface area (Å²) in [7, 11) is 7.35. The first-order valence-corrected chi connectivity index (χ1v) is 34.4. The number of likely N-dealkylation sites (N-methyl/N-ethyl adjacent to an activating group) is 1. The van der Waals surface area contributed by atoms with Crippen LogP contribution in [-0.2, 0) is 89.3 Å². The highest BCUT2D eigenvalue weighted by Gasteiger charge is 2.66. The van der Waals surface area contributed by atoms with Gasteiger partial charge >= 0.3 is 23.9 Å². The van der Waals surface area contributed by atoms with Crippen LogP contribution in [0.1, 0.15) is 144 Å². The Hall–Kier alpha value is -5.57. The van der Waals surface area contributed by atoms with Gasteiger partial charge in [0.15, 0.2) is 24.6 Å². The van der Waals surface area contributed by atoms with Crippen LogP contribution in [0.2, 0.25) is 0 Å². The highest BCUT2D eigenvalue weighted by molar-refractivity contribution is 8.01. The van der Waals surface area contributed by atoms with Gasteiger partial charge in [-0.15, -0.1) is 11.8 Å². The Labute approximate surface area is 565 Å². The largest absolute Gasteiger partial charge is 0.460 e. The average molecular weight is 1350 g/mol. The molecule has 0 aromatic heterocycles. The van der Waals surface area contributed by atoms with Gasteiger partial charge in [0.2, 0.25) is 11.8 Å². The van der Waals surface area contributed by atoms with Crippen LogP contribution in [0.25, 0.3) is 0 Å². The second-order valence-electron chi connectivity index (χ2n) is 28.4. The molecule has 526 valence electrons. The van der Waals surface area contributed by atoms with E-state index in [1.807, 2.05) is 116 Å². The fraction of sp³-hybridized carbons (Fsp3) is 0.667. The summed E-state index contributed by atoms with van der Waals surface area (Å²) in [4.78, 5) is 91.6. The highest BCUT2D eigenvalue weighted by atomic mass is 32.2. The minimum Gasteiger partial charge on any atom is -0.460 e. The zero-order chi connectivity index (χ0) is 69.5. The molecule has 3 aromatic carbocycles. The fourth-order valence-electron chi connectivity index (χ4n) is 14.6. The highest BCUT2D eigenvalue weighted by Crippen LogP contribution is 2.52. The lowest BCUT2D eigenvalue weighted by Crippen LogP contribution is -2.71. The summed E-state index contributed by atoms with van der Waals surface area (Å²) >= 11 is 1.33. The molecule has 23 heteroatoms. The fourth-order valence-corrected chi connectivity index (χ4v) is 16.2. The van der Waals surface area contributed by atoms with Gasteiger partial charge in [0.25, 0.3) is 0 Å². The maximum atomic E-state index is 15.2. The Morgan fingerprint density at radius 2 is 1.40 bits per heavy atom. The number of esters is 4. The number of cyclic esters (lactones) is 1. The van der Waals surface area contributed by atoms with Crippen LogP contribution < -0.4 is 5.32 Å². The minimum absolute atomic E-state index is 0.0527. The van der Waals surface area contributed by atoms with Crippen molar-refractivity contribution in [3.05, 3.63) is 108 Å². The Kier molecular flexibility index (Phi) is 25.3. The van der Waals surface area contributed by atoms with Crippen LogP contribution in [0, 0.1) is 17.8 Å². The van der Waals surface area contributed by atoms with Gasteiger partial charge in [-0.25, -0.2) is 4.79 Å². The zero-order valence-electron chi connectivity index (χ0n) is 58.3. The van der Waals surface area contributed by atoms with E-state index in [1.165, 1.54) is 30.7 Å². The van der Waals surface area contributed by atoms with Crippen molar-refractivity contribution in [2.45, 2.75) is 247 Å². The van der Waals surface area contributed by atoms with Crippen molar-refractivity contribution in [3.8, 4) is 0 Å². The molecular weight excluding hydrogens is 1240 g/mol. The van der Waals surface area contributed by atoms with Crippen molar-refractivity contribution >= 4 is 47.5 Å². The normalized spacial score (nSPS) is 35.9. The van der Waals surface area contributed by atoms with E-state index < -0.39 is 148 Å². The van der Waals surface area contributed by atoms with Crippen LogP contribution in [0.15, 0.2) is 91.0 Å². The molecule has 2 amide bonds. The summed E-state index contributed by atoms with van der Waals surface area (Å²) in [6.45, 7) is 22.1. The topological polar surface area (TPSA) is 257 Å². The van der Waals surface area contributed by atoms with E-state index in [9.17, 15) is 34.2 Å². The molecule has 5 unspecified atom stereocenters. The first-order valence-electron chi connectivity index (χ1n) is 33.6. The molecule has 5 aliphatic heterocycles. The summed E-state index contributed by atoms with van der Waals surface area (Å²) in [6.07, 6.45) is -7.38. The Morgan fingerprint density at radius 3 is 2.01 bits per heavy atom. The third-order valence-corrected chi connectivity index (χ3v) is 21.5. The number of aliphatic hydroxyl groups is 2. The molecule has 0 bridgehead atoms. The summed E-state index contributed by atoms with van der Waals surface area (Å²) in [5.41, 5.74) is -2.83. The molecule has 3 aromatic rings. The van der Waals surface area contributed by atoms with Gasteiger partial charge in [-0.2, -0.15) is 0 Å². The van der Waals surface area contributed by atoms with Crippen LogP contribution in [0.3, 0.4) is 0 Å². The minimum atomic E-state index is -1.95. The molecule has 5 heterocycles. The van der Waals surface area contributed by atoms with Crippen molar-refractivity contribution in [1.82, 2.24) is 20.0 Å². The van der Waals surface area contributed by atoms with Gasteiger partial charge in [-0.1, -0.05) is 112 Å². The smallest absolute Gasteiger partial charge is 0.330 e. The number of carbonyl (C=O) groups is 6. The molecule has 0 saturated carbocycles. The number of hydrogen-bond donors (Lipinski definition) is 3. The molecule has 5 aliphatic rings. The number of β-lactam (4-membered cyclic amide) rings is 1. The SMILES string of the molecule is CC[C@H]1OC(=O)[C@H](C)[C@@H](OC2C[C@@](C)(OC)[C@@H](OC(=O)C3N4C(=O)C(NC(=O)C(C(=O)OCc5ccccc5)c5ccccc5)C4SC3(C)C)[C@H](C)O2)[C@H](C)[C@@H](O[C@H]2C[C@@H](N(C)C)C[C@@H](C)O2)[C@](C)(O)C[C@@H](C)CN(C)[C@H](C)[C@H](OC(=O)CCOCc2ccccc2)[C@@]1(C)O. The third-order valence-electron chi connectivity index (χ3n) is 19.9. The monoisotopic (exact) mass is 1340 g/mol. The number of hydrogen-bond acceptors (Lipinski definition) is 21. The maximum absolute atomic E-state index is 15.2. The van der Waals surface area contributed by atoms with E-state index in [2.05, 4.69) is 10.2 Å². The van der Waals surface area contributed by atoms with Crippen molar-refractivity contribution < 1.29 is 86.3 Å². The summed E-state index contributed by atoms with van der Waals surface area (Å²) in [6, 6.07) is 24.4. The first-order chi connectivity index (χ1) is 44.8. The molecule has 8 rings (SSSR count).